The van der Waals surface area contributed by atoms with Gasteiger partial charge in [-0.3, -0.25) is 19.9 Å². The fourth-order valence-electron chi connectivity index (χ4n) is 7.62. The molecule has 318 valence electrons. The Labute approximate surface area is 349 Å². The molecule has 2 aromatic rings. The number of alkyl carbamates (subject to hydrolysis) is 1. The van der Waals surface area contributed by atoms with Crippen LogP contribution in [0.2, 0.25) is 5.02 Å². The lowest BCUT2D eigenvalue weighted by molar-refractivity contribution is -0.158. The molecule has 0 spiro atoms. The van der Waals surface area contributed by atoms with Gasteiger partial charge in [-0.15, -0.1) is 0 Å². The van der Waals surface area contributed by atoms with Crippen molar-refractivity contribution < 1.29 is 48.0 Å². The van der Waals surface area contributed by atoms with E-state index in [0.717, 1.165) is 11.1 Å². The van der Waals surface area contributed by atoms with Crippen molar-refractivity contribution in [3.8, 4) is 5.75 Å². The standard InChI is InChI=1S/C43H54ClN5O10/c1-11-17-46-37-24(3)28(15-16-29(37)45)39(51)48(7)26(5)40(52)58-34-21-35(50)49(8)30-19-27(20-31(55-9)36(30)44)18-23(2)13-12-14-33(56-10)43(54)22-32(57-41(53)47-43)25(4)38-42(34,6)59-38/h11-17,19-20,25-26,32-34,38,54H,1,18,21-22,45H2,2-10H3,(H,47,53)/b14-12+,23-13+,46-17?/t25-,26+,32+,33-,34+,38+,42+,43+/m1/s1. The number of carbonyl (C=O) groups excluding carboxylic acids is 4. The molecule has 8 atom stereocenters. The molecule has 0 unspecified atom stereocenters. The highest BCUT2D eigenvalue weighted by Gasteiger charge is 2.64. The molecule has 16 heteroatoms. The molecule has 5 rings (SSSR count). The Bertz CT molecular complexity index is 2090. The first-order valence-corrected chi connectivity index (χ1v) is 19.6. The number of rotatable bonds is 8. The van der Waals surface area contributed by atoms with Crippen LogP contribution in [0.15, 0.2) is 65.7 Å². The molecule has 59 heavy (non-hydrogen) atoms. The minimum atomic E-state index is -1.85. The van der Waals surface area contributed by atoms with E-state index in [2.05, 4.69) is 16.9 Å². The maximum atomic E-state index is 14.3. The van der Waals surface area contributed by atoms with Gasteiger partial charge < -0.3 is 44.3 Å². The Morgan fingerprint density at radius 3 is 2.61 bits per heavy atom. The molecule has 0 aliphatic carbocycles. The highest BCUT2D eigenvalue weighted by Crippen LogP contribution is 2.49. The zero-order valence-electron chi connectivity index (χ0n) is 34.9. The quantitative estimate of drug-likeness (QED) is 0.130. The molecule has 3 amide bonds. The Balaban J connectivity index is 1.52. The summed E-state index contributed by atoms with van der Waals surface area (Å²) >= 11 is 6.80. The van der Waals surface area contributed by atoms with Crippen molar-refractivity contribution in [2.75, 3.05) is 38.9 Å². The molecule has 4 N–H and O–H groups in total. The number of fused-ring (bicyclic) bond motifs is 5. The smallest absolute Gasteiger partial charge is 0.409 e. The highest BCUT2D eigenvalue weighted by molar-refractivity contribution is 6.35. The van der Waals surface area contributed by atoms with Gasteiger partial charge in [-0.1, -0.05) is 55.0 Å². The lowest BCUT2D eigenvalue weighted by atomic mass is 9.83. The van der Waals surface area contributed by atoms with Crippen LogP contribution in [0.3, 0.4) is 0 Å². The van der Waals surface area contributed by atoms with E-state index in [0.29, 0.717) is 34.8 Å². The van der Waals surface area contributed by atoms with Crippen molar-refractivity contribution >= 4 is 58.8 Å². The number of methoxy groups -OCH3 is 2. The van der Waals surface area contributed by atoms with Gasteiger partial charge in [-0.2, -0.15) is 0 Å². The number of anilines is 2. The van der Waals surface area contributed by atoms with Gasteiger partial charge in [0.15, 0.2) is 5.72 Å². The zero-order chi connectivity index (χ0) is 43.6. The van der Waals surface area contributed by atoms with E-state index >= 15 is 0 Å². The molecule has 2 fully saturated rings. The van der Waals surface area contributed by atoms with E-state index < -0.39 is 71.6 Å². The first-order chi connectivity index (χ1) is 27.8. The summed E-state index contributed by atoms with van der Waals surface area (Å²) in [7, 11) is 5.93. The number of nitrogens with two attached hydrogens (primary N) is 1. The molecule has 0 saturated carbocycles. The van der Waals surface area contributed by atoms with Gasteiger partial charge >= 0.3 is 12.1 Å². The number of nitrogens with one attached hydrogen (secondary N) is 1. The molecule has 0 radical (unpaired) electrons. The molecule has 2 saturated heterocycles. The van der Waals surface area contributed by atoms with Crippen molar-refractivity contribution in [1.29, 1.82) is 0 Å². The Hall–Kier alpha value is -5.22. The predicted molar refractivity (Wildman–Crippen MR) is 224 cm³/mol. The number of aliphatic hydroxyl groups is 1. The van der Waals surface area contributed by atoms with Crippen LogP contribution in [0.25, 0.3) is 0 Å². The Morgan fingerprint density at radius 2 is 1.95 bits per heavy atom. The summed E-state index contributed by atoms with van der Waals surface area (Å²) in [5.41, 5.74) is 6.62. The third-order valence-electron chi connectivity index (χ3n) is 11.5. The van der Waals surface area contributed by atoms with Crippen LogP contribution < -0.4 is 20.7 Å². The average molecular weight is 836 g/mol. The number of hydrogen-bond acceptors (Lipinski definition) is 12. The maximum absolute atomic E-state index is 14.3. The minimum Gasteiger partial charge on any atom is -0.495 e. The first-order valence-electron chi connectivity index (χ1n) is 19.2. The number of carbonyl (C=O) groups is 4. The lowest BCUT2D eigenvalue weighted by Crippen LogP contribution is -2.63. The molecule has 4 bridgehead atoms. The summed E-state index contributed by atoms with van der Waals surface area (Å²) < 4.78 is 29.4. The summed E-state index contributed by atoms with van der Waals surface area (Å²) in [6, 6.07) is 5.56. The summed E-state index contributed by atoms with van der Waals surface area (Å²) in [5.74, 6) is -1.97. The van der Waals surface area contributed by atoms with E-state index in [9.17, 15) is 24.3 Å². The second-order valence-electron chi connectivity index (χ2n) is 15.5. The summed E-state index contributed by atoms with van der Waals surface area (Å²) in [5, 5.41) is 14.5. The third-order valence-corrected chi connectivity index (χ3v) is 11.8. The first kappa shape index (κ1) is 44.9. The monoisotopic (exact) mass is 835 g/mol. The number of nitrogens with zero attached hydrogens (tertiary/aromatic N) is 3. The van der Waals surface area contributed by atoms with E-state index in [1.165, 1.54) is 50.3 Å². The van der Waals surface area contributed by atoms with Crippen molar-refractivity contribution in [3.63, 3.8) is 0 Å². The van der Waals surface area contributed by atoms with Gasteiger partial charge in [-0.05, 0) is 69.5 Å². The number of epoxide rings is 1. The largest absolute Gasteiger partial charge is 0.495 e. The number of esters is 1. The lowest BCUT2D eigenvalue weighted by Gasteiger charge is -2.42. The van der Waals surface area contributed by atoms with Gasteiger partial charge in [0, 0.05) is 45.3 Å². The van der Waals surface area contributed by atoms with Crippen molar-refractivity contribution in [1.82, 2.24) is 10.2 Å². The summed E-state index contributed by atoms with van der Waals surface area (Å²) in [6.45, 7) is 12.3. The van der Waals surface area contributed by atoms with Crippen LogP contribution in [0.4, 0.5) is 21.9 Å². The number of benzene rings is 2. The van der Waals surface area contributed by atoms with Gasteiger partial charge in [0.25, 0.3) is 5.91 Å². The fourth-order valence-corrected chi connectivity index (χ4v) is 7.93. The molecule has 3 heterocycles. The van der Waals surface area contributed by atoms with Crippen molar-refractivity contribution in [2.24, 2.45) is 10.9 Å². The third kappa shape index (κ3) is 9.33. The number of ether oxygens (including phenoxy) is 5. The van der Waals surface area contributed by atoms with Gasteiger partial charge in [0.05, 0.1) is 36.7 Å². The molecule has 0 aromatic heterocycles. The molecule has 3 aliphatic rings. The van der Waals surface area contributed by atoms with Gasteiger partial charge in [0.2, 0.25) is 5.91 Å². The normalized spacial score (nSPS) is 29.2. The highest BCUT2D eigenvalue weighted by atomic mass is 35.5. The zero-order valence-corrected chi connectivity index (χ0v) is 35.7. The van der Waals surface area contributed by atoms with Crippen LogP contribution in [0, 0.1) is 12.8 Å². The number of nitrogen functional groups attached to an aromatic ring is 1. The predicted octanol–water partition coefficient (Wildman–Crippen LogP) is 5.61. The van der Waals surface area contributed by atoms with E-state index in [1.54, 1.807) is 64.2 Å². The van der Waals surface area contributed by atoms with E-state index in [4.69, 9.17) is 41.0 Å². The van der Waals surface area contributed by atoms with Gasteiger partial charge in [-0.25, -0.2) is 9.59 Å². The maximum Gasteiger partial charge on any atom is 0.409 e. The number of amides is 3. The van der Waals surface area contributed by atoms with Crippen molar-refractivity contribution in [2.45, 2.75) is 95.7 Å². The van der Waals surface area contributed by atoms with Crippen LogP contribution in [-0.2, 0) is 35.0 Å². The van der Waals surface area contributed by atoms with Crippen LogP contribution >= 0.6 is 11.6 Å². The molecule has 15 nitrogen and oxygen atoms in total. The summed E-state index contributed by atoms with van der Waals surface area (Å²) in [4.78, 5) is 62.1. The molecular formula is C43H54ClN5O10. The SMILES string of the molecule is C=CC=Nc1c(N)ccc(C(=O)N(C)[C@@H](C)C(=O)O[C@H]2CC(=O)N(C)c3cc(cc(OC)c3Cl)C/C(C)=C/C=C/[C@@H](OC)[C@@]3(O)C[C@H](OC(=O)N3)[C@@H](C)[C@@H]3O[C@@]23C)c1C. The second kappa shape index (κ2) is 18.0. The fraction of sp³-hybridized carbons (Fsp3) is 0.465. The number of likely N-dealkylation sites (N-methyl/N-ethyl adjacent to an activating group) is 1. The second-order valence-corrected chi connectivity index (χ2v) is 15.9. The topological polar surface area (TPSA) is 195 Å². The van der Waals surface area contributed by atoms with Crippen LogP contribution in [0.1, 0.15) is 62.0 Å². The molecular weight excluding hydrogens is 782 g/mol. The minimum absolute atomic E-state index is 0.0766. The summed E-state index contributed by atoms with van der Waals surface area (Å²) in [6.07, 6.45) is 3.58. The Morgan fingerprint density at radius 1 is 1.24 bits per heavy atom. The van der Waals surface area contributed by atoms with Crippen molar-refractivity contribution in [3.05, 3.63) is 82.4 Å². The Kier molecular flexibility index (Phi) is 13.7. The van der Waals surface area contributed by atoms with E-state index in [-0.39, 0.29) is 23.4 Å². The number of hydrogen-bond donors (Lipinski definition) is 3. The van der Waals surface area contributed by atoms with E-state index in [1.807, 2.05) is 13.0 Å². The molecule has 2 aromatic carbocycles. The number of aliphatic imine (C=N–C) groups is 1. The number of allylic oxidation sites excluding steroid dienone is 4. The number of halogens is 1. The molecule has 3 aliphatic heterocycles. The average Bonchev–Trinajstić information content (AvgIpc) is 3.89. The van der Waals surface area contributed by atoms with Crippen LogP contribution in [-0.4, -0.2) is 110 Å². The van der Waals surface area contributed by atoms with Crippen LogP contribution in [0.5, 0.6) is 5.75 Å². The van der Waals surface area contributed by atoms with Gasteiger partial charge in [0.1, 0.15) is 40.7 Å².